The van der Waals surface area contributed by atoms with Crippen molar-refractivity contribution in [3.63, 3.8) is 0 Å². The van der Waals surface area contributed by atoms with Gasteiger partial charge >= 0.3 is 0 Å². The van der Waals surface area contributed by atoms with Crippen LogP contribution < -0.4 is 15.8 Å². The van der Waals surface area contributed by atoms with Gasteiger partial charge in [0.1, 0.15) is 12.0 Å². The van der Waals surface area contributed by atoms with Crippen LogP contribution in [0.1, 0.15) is 23.9 Å². The van der Waals surface area contributed by atoms with Crippen LogP contribution in [0, 0.1) is 6.92 Å². The molecule has 0 radical (unpaired) electrons. The molecule has 0 aromatic carbocycles. The zero-order valence-corrected chi connectivity index (χ0v) is 18.2. The first-order valence-corrected chi connectivity index (χ1v) is 10.8. The maximum Gasteiger partial charge on any atom is 0.254 e. The Kier molecular flexibility index (Phi) is 4.90. The van der Waals surface area contributed by atoms with Crippen molar-refractivity contribution >= 4 is 22.7 Å². The Labute approximate surface area is 180 Å². The lowest BCUT2D eigenvalue weighted by Crippen LogP contribution is -2.46. The number of aryl methyl sites for hydroxylation is 2. The van der Waals surface area contributed by atoms with Gasteiger partial charge in [0.05, 0.1) is 16.9 Å². The third-order valence-corrected chi connectivity index (χ3v) is 6.25. The fourth-order valence-electron chi connectivity index (χ4n) is 4.46. The predicted octanol–water partition coefficient (Wildman–Crippen LogP) is 1.91. The number of nitrogens with zero attached hydrogens (tertiary/aromatic N) is 6. The van der Waals surface area contributed by atoms with Crippen LogP contribution in [0.4, 0.5) is 11.5 Å². The van der Waals surface area contributed by atoms with E-state index < -0.39 is 0 Å². The highest BCUT2D eigenvalue weighted by Crippen LogP contribution is 2.26. The molecule has 31 heavy (non-hydrogen) atoms. The molecule has 0 saturated carbocycles. The largest absolute Gasteiger partial charge is 0.371 e. The van der Waals surface area contributed by atoms with Gasteiger partial charge in [0.15, 0.2) is 5.82 Å². The van der Waals surface area contributed by atoms with Crippen LogP contribution in [0.2, 0.25) is 0 Å². The molecule has 1 fully saturated rings. The van der Waals surface area contributed by atoms with Crippen molar-refractivity contribution in [2.45, 2.75) is 26.8 Å². The monoisotopic (exact) mass is 420 g/mol. The highest BCUT2D eigenvalue weighted by molar-refractivity contribution is 5.71. The van der Waals surface area contributed by atoms with E-state index in [1.165, 1.54) is 11.4 Å². The minimum Gasteiger partial charge on any atom is -0.371 e. The molecule has 9 heteroatoms. The summed E-state index contributed by atoms with van der Waals surface area (Å²) in [5.41, 5.74) is 6.01. The van der Waals surface area contributed by atoms with Gasteiger partial charge in [0, 0.05) is 63.3 Å². The first-order valence-electron chi connectivity index (χ1n) is 10.8. The Morgan fingerprint density at radius 1 is 1.19 bits per heavy atom. The number of piperazine rings is 1. The Morgan fingerprint density at radius 2 is 2.00 bits per heavy atom. The fraction of sp³-hybridized carbons (Fsp3) is 0.409. The number of hydrogen-bond acceptors (Lipinski definition) is 6. The number of hydrogen-bond donors (Lipinski definition) is 2. The number of pyridine rings is 1. The van der Waals surface area contributed by atoms with Gasteiger partial charge < -0.3 is 15.2 Å². The van der Waals surface area contributed by atoms with Gasteiger partial charge in [-0.05, 0) is 25.5 Å². The van der Waals surface area contributed by atoms with Crippen molar-refractivity contribution in [1.82, 2.24) is 28.9 Å². The van der Waals surface area contributed by atoms with E-state index in [1.807, 2.05) is 32.6 Å². The maximum absolute atomic E-state index is 12.0. The van der Waals surface area contributed by atoms with E-state index in [2.05, 4.69) is 53.6 Å². The molecule has 0 amide bonds. The lowest BCUT2D eigenvalue weighted by atomic mass is 10.2. The number of aromatic amines is 1. The molecule has 0 atom stereocenters. The SMILES string of the molecule is CCc1cn2nc(CN3CCN(c4ccc5c(NC)ncn5c4C)CC3)cc2[nH]c1=O. The number of rotatable bonds is 5. The quantitative estimate of drug-likeness (QED) is 0.513. The van der Waals surface area contributed by atoms with Crippen LogP contribution in [0.15, 0.2) is 35.5 Å². The van der Waals surface area contributed by atoms with Crippen molar-refractivity contribution in [2.24, 2.45) is 0 Å². The topological polar surface area (TPSA) is 86.0 Å². The van der Waals surface area contributed by atoms with Crippen molar-refractivity contribution in [3.8, 4) is 0 Å². The lowest BCUT2D eigenvalue weighted by Gasteiger charge is -2.36. The van der Waals surface area contributed by atoms with Gasteiger partial charge in [0.25, 0.3) is 5.56 Å². The Balaban J connectivity index is 1.28. The van der Waals surface area contributed by atoms with E-state index >= 15 is 0 Å². The molecule has 5 heterocycles. The lowest BCUT2D eigenvalue weighted by molar-refractivity contribution is 0.246. The summed E-state index contributed by atoms with van der Waals surface area (Å²) < 4.78 is 3.93. The van der Waals surface area contributed by atoms with Crippen molar-refractivity contribution in [3.05, 3.63) is 58.0 Å². The van der Waals surface area contributed by atoms with Crippen molar-refractivity contribution in [1.29, 1.82) is 0 Å². The summed E-state index contributed by atoms with van der Waals surface area (Å²) in [6, 6.07) is 6.31. The molecule has 9 nitrogen and oxygen atoms in total. The normalized spacial score (nSPS) is 15.3. The van der Waals surface area contributed by atoms with Gasteiger partial charge in [-0.25, -0.2) is 9.50 Å². The average Bonchev–Trinajstić information content (AvgIpc) is 3.37. The zero-order chi connectivity index (χ0) is 21.5. The zero-order valence-electron chi connectivity index (χ0n) is 18.2. The minimum atomic E-state index is -0.0258. The molecule has 5 rings (SSSR count). The van der Waals surface area contributed by atoms with Crippen LogP contribution in [0.25, 0.3) is 11.2 Å². The van der Waals surface area contributed by atoms with Crippen LogP contribution in [-0.4, -0.2) is 62.1 Å². The van der Waals surface area contributed by atoms with E-state index in [0.29, 0.717) is 6.42 Å². The molecule has 0 spiro atoms. The number of nitrogens with one attached hydrogen (secondary N) is 2. The third-order valence-electron chi connectivity index (χ3n) is 6.25. The average molecular weight is 421 g/mol. The van der Waals surface area contributed by atoms with E-state index in [4.69, 9.17) is 0 Å². The molecular formula is C22H28N8O. The van der Waals surface area contributed by atoms with Gasteiger partial charge in [-0.15, -0.1) is 0 Å². The van der Waals surface area contributed by atoms with Crippen LogP contribution in [0.5, 0.6) is 0 Å². The van der Waals surface area contributed by atoms with Crippen LogP contribution in [-0.2, 0) is 13.0 Å². The molecule has 162 valence electrons. The summed E-state index contributed by atoms with van der Waals surface area (Å²) in [5.74, 6) is 0.902. The summed E-state index contributed by atoms with van der Waals surface area (Å²) >= 11 is 0. The second kappa shape index (κ2) is 7.73. The molecule has 4 aromatic rings. The molecule has 0 bridgehead atoms. The molecule has 0 aliphatic carbocycles. The van der Waals surface area contributed by atoms with Crippen molar-refractivity contribution in [2.75, 3.05) is 43.4 Å². The van der Waals surface area contributed by atoms with Crippen LogP contribution in [0.3, 0.4) is 0 Å². The van der Waals surface area contributed by atoms with Crippen LogP contribution >= 0.6 is 0 Å². The summed E-state index contributed by atoms with van der Waals surface area (Å²) in [5, 5.41) is 7.81. The number of anilines is 2. The smallest absolute Gasteiger partial charge is 0.254 e. The molecule has 1 saturated heterocycles. The molecule has 2 N–H and O–H groups in total. The molecule has 0 unspecified atom stereocenters. The Bertz CT molecular complexity index is 1290. The molecule has 4 aromatic heterocycles. The first kappa shape index (κ1) is 19.6. The fourth-order valence-corrected chi connectivity index (χ4v) is 4.46. The minimum absolute atomic E-state index is 0.0258. The summed E-state index contributed by atoms with van der Waals surface area (Å²) in [6.07, 6.45) is 4.42. The highest BCUT2D eigenvalue weighted by Gasteiger charge is 2.21. The number of imidazole rings is 1. The summed E-state index contributed by atoms with van der Waals surface area (Å²) in [7, 11) is 1.90. The molecule has 1 aliphatic rings. The summed E-state index contributed by atoms with van der Waals surface area (Å²) in [6.45, 7) is 8.77. The van der Waals surface area contributed by atoms with E-state index in [-0.39, 0.29) is 5.56 Å². The second-order valence-electron chi connectivity index (χ2n) is 8.09. The first-order chi connectivity index (χ1) is 15.1. The van der Waals surface area contributed by atoms with E-state index in [9.17, 15) is 4.79 Å². The van der Waals surface area contributed by atoms with Crippen molar-refractivity contribution < 1.29 is 0 Å². The molecular weight excluding hydrogens is 392 g/mol. The third kappa shape index (κ3) is 3.44. The Hall–Kier alpha value is -3.33. The van der Waals surface area contributed by atoms with E-state index in [0.717, 1.165) is 61.0 Å². The van der Waals surface area contributed by atoms with Gasteiger partial charge in [-0.2, -0.15) is 5.10 Å². The van der Waals surface area contributed by atoms with Gasteiger partial charge in [-0.3, -0.25) is 14.1 Å². The number of H-pyrrole nitrogens is 1. The predicted molar refractivity (Wildman–Crippen MR) is 122 cm³/mol. The Morgan fingerprint density at radius 3 is 2.74 bits per heavy atom. The number of fused-ring (bicyclic) bond motifs is 2. The second-order valence-corrected chi connectivity index (χ2v) is 8.09. The highest BCUT2D eigenvalue weighted by atomic mass is 16.1. The van der Waals surface area contributed by atoms with Gasteiger partial charge in [-0.1, -0.05) is 6.92 Å². The van der Waals surface area contributed by atoms with E-state index in [1.54, 1.807) is 4.52 Å². The number of aromatic nitrogens is 5. The van der Waals surface area contributed by atoms with Gasteiger partial charge in [0.2, 0.25) is 0 Å². The maximum atomic E-state index is 12.0. The summed E-state index contributed by atoms with van der Waals surface area (Å²) in [4.78, 5) is 24.3. The standard InChI is InChI=1S/C22H28N8O/c1-4-16-12-30-20(25-22(16)31)11-17(26-30)13-27-7-9-28(10-8-27)18-5-6-19-21(23-3)24-14-29(19)15(18)2/h5-6,11-12,14,23H,4,7-10,13H2,1-3H3,(H,25,31). The molecule has 1 aliphatic heterocycles.